The molecule has 1 fully saturated rings. The maximum absolute atomic E-state index is 12.4. The summed E-state index contributed by atoms with van der Waals surface area (Å²) in [7, 11) is 0. The number of hydrogen-bond donors (Lipinski definition) is 4. The van der Waals surface area contributed by atoms with Gasteiger partial charge in [0, 0.05) is 42.8 Å². The summed E-state index contributed by atoms with van der Waals surface area (Å²) in [4.78, 5) is 26.2. The molecule has 2 aromatic rings. The molecule has 0 aromatic heterocycles. The van der Waals surface area contributed by atoms with Gasteiger partial charge in [0.2, 0.25) is 11.8 Å². The van der Waals surface area contributed by atoms with Crippen molar-refractivity contribution < 1.29 is 14.7 Å². The van der Waals surface area contributed by atoms with E-state index in [0.717, 1.165) is 36.5 Å². The standard InChI is InChI=1S/C23H29N5O3S/c24-21(12-22(25)30)23(31)27-9-7-17(8-10-27)26-18-2-1-15-13-28(14-16(15)11-18)32-20-5-3-19(29)4-6-20/h1-6,11,17,21,26,29H,7-10,12-14,24H2,(H2,25,30). The Morgan fingerprint density at radius 1 is 1.09 bits per heavy atom. The van der Waals surface area contributed by atoms with Crippen LogP contribution in [0, 0.1) is 0 Å². The van der Waals surface area contributed by atoms with Crippen LogP contribution in [-0.2, 0) is 22.7 Å². The molecule has 2 aliphatic heterocycles. The van der Waals surface area contributed by atoms with E-state index in [0.29, 0.717) is 13.1 Å². The number of primary amides is 1. The van der Waals surface area contributed by atoms with Gasteiger partial charge in [0.05, 0.1) is 12.5 Å². The third kappa shape index (κ3) is 5.53. The van der Waals surface area contributed by atoms with Crippen molar-refractivity contribution in [3.8, 4) is 5.75 Å². The van der Waals surface area contributed by atoms with Crippen LogP contribution in [0.25, 0.3) is 0 Å². The van der Waals surface area contributed by atoms with E-state index in [1.165, 1.54) is 11.1 Å². The Morgan fingerprint density at radius 2 is 1.78 bits per heavy atom. The van der Waals surface area contributed by atoms with E-state index in [1.54, 1.807) is 29.0 Å². The van der Waals surface area contributed by atoms with Gasteiger partial charge in [-0.1, -0.05) is 6.07 Å². The summed E-state index contributed by atoms with van der Waals surface area (Å²) in [5.74, 6) is -0.483. The van der Waals surface area contributed by atoms with Gasteiger partial charge in [-0.05, 0) is 72.3 Å². The summed E-state index contributed by atoms with van der Waals surface area (Å²) in [5.41, 5.74) is 14.7. The number of nitrogens with one attached hydrogen (secondary N) is 1. The molecule has 9 heteroatoms. The Bertz CT molecular complexity index is 976. The Labute approximate surface area is 192 Å². The smallest absolute Gasteiger partial charge is 0.240 e. The highest BCUT2D eigenvalue weighted by Crippen LogP contribution is 2.34. The first-order valence-corrected chi connectivity index (χ1v) is 11.6. The number of aromatic hydroxyl groups is 1. The van der Waals surface area contributed by atoms with Crippen LogP contribution < -0.4 is 16.8 Å². The maximum atomic E-state index is 12.4. The zero-order valence-corrected chi connectivity index (χ0v) is 18.7. The molecule has 0 radical (unpaired) electrons. The number of carbonyl (C=O) groups excluding carboxylic acids is 2. The van der Waals surface area contributed by atoms with Crippen LogP contribution in [0.15, 0.2) is 47.4 Å². The van der Waals surface area contributed by atoms with Gasteiger partial charge in [0.15, 0.2) is 0 Å². The number of phenols is 1. The molecular formula is C23H29N5O3S. The molecule has 0 aliphatic carbocycles. The van der Waals surface area contributed by atoms with Crippen molar-refractivity contribution >= 4 is 29.4 Å². The molecule has 6 N–H and O–H groups in total. The van der Waals surface area contributed by atoms with E-state index in [2.05, 4.69) is 27.8 Å². The second kappa shape index (κ2) is 9.81. The van der Waals surface area contributed by atoms with Crippen molar-refractivity contribution in [2.24, 2.45) is 11.5 Å². The van der Waals surface area contributed by atoms with Crippen LogP contribution in [0.1, 0.15) is 30.4 Å². The minimum atomic E-state index is -0.851. The number of amides is 2. The third-order valence-electron chi connectivity index (χ3n) is 5.89. The summed E-state index contributed by atoms with van der Waals surface area (Å²) < 4.78 is 2.31. The lowest BCUT2D eigenvalue weighted by atomic mass is 10.0. The summed E-state index contributed by atoms with van der Waals surface area (Å²) in [6, 6.07) is 13.2. The summed E-state index contributed by atoms with van der Waals surface area (Å²) in [6.07, 6.45) is 1.54. The fourth-order valence-corrected chi connectivity index (χ4v) is 5.16. The Hall–Kier alpha value is -2.75. The second-order valence-electron chi connectivity index (χ2n) is 8.39. The summed E-state index contributed by atoms with van der Waals surface area (Å²) >= 11 is 1.69. The van der Waals surface area contributed by atoms with Gasteiger partial charge in [-0.25, -0.2) is 4.31 Å². The van der Waals surface area contributed by atoms with Crippen molar-refractivity contribution in [3.05, 3.63) is 53.6 Å². The number of hydrogen-bond acceptors (Lipinski definition) is 7. The van der Waals surface area contributed by atoms with Crippen LogP contribution in [0.5, 0.6) is 5.75 Å². The average Bonchev–Trinajstić information content (AvgIpc) is 3.16. The minimum absolute atomic E-state index is 0.117. The van der Waals surface area contributed by atoms with Crippen LogP contribution in [0.2, 0.25) is 0 Å². The number of nitrogens with zero attached hydrogens (tertiary/aromatic N) is 2. The zero-order chi connectivity index (χ0) is 22.7. The van der Waals surface area contributed by atoms with E-state index in [4.69, 9.17) is 11.5 Å². The topological polar surface area (TPSA) is 125 Å². The van der Waals surface area contributed by atoms with Crippen LogP contribution >= 0.6 is 11.9 Å². The molecule has 2 aromatic carbocycles. The molecule has 8 nitrogen and oxygen atoms in total. The molecule has 2 heterocycles. The lowest BCUT2D eigenvalue weighted by molar-refractivity contribution is -0.135. The molecular weight excluding hydrogens is 426 g/mol. The molecule has 4 rings (SSSR count). The number of benzene rings is 2. The Kier molecular flexibility index (Phi) is 6.88. The molecule has 1 saturated heterocycles. The number of fused-ring (bicyclic) bond motifs is 1. The molecule has 170 valence electrons. The van der Waals surface area contributed by atoms with Gasteiger partial charge in [0.1, 0.15) is 5.75 Å². The first kappa shape index (κ1) is 22.4. The van der Waals surface area contributed by atoms with Crippen molar-refractivity contribution in [1.29, 1.82) is 0 Å². The summed E-state index contributed by atoms with van der Waals surface area (Å²) in [6.45, 7) is 2.98. The monoisotopic (exact) mass is 455 g/mol. The molecule has 1 atom stereocenters. The van der Waals surface area contributed by atoms with Gasteiger partial charge in [-0.2, -0.15) is 0 Å². The van der Waals surface area contributed by atoms with Crippen molar-refractivity contribution in [2.45, 2.75) is 49.3 Å². The van der Waals surface area contributed by atoms with E-state index < -0.39 is 11.9 Å². The lowest BCUT2D eigenvalue weighted by Gasteiger charge is -2.34. The van der Waals surface area contributed by atoms with E-state index in [9.17, 15) is 14.7 Å². The highest BCUT2D eigenvalue weighted by molar-refractivity contribution is 7.97. The Balaban J connectivity index is 1.28. The van der Waals surface area contributed by atoms with Gasteiger partial charge < -0.3 is 26.8 Å². The number of rotatable bonds is 7. The summed E-state index contributed by atoms with van der Waals surface area (Å²) in [5, 5.41) is 13.1. The molecule has 2 aliphatic rings. The number of carbonyl (C=O) groups is 2. The van der Waals surface area contributed by atoms with Crippen LogP contribution in [-0.4, -0.2) is 51.3 Å². The third-order valence-corrected chi connectivity index (χ3v) is 6.89. The SMILES string of the molecule is NC(=O)CC(N)C(=O)N1CCC(Nc2ccc3c(c2)CN(Sc2ccc(O)cc2)C3)CC1. The fourth-order valence-electron chi connectivity index (χ4n) is 4.19. The van der Waals surface area contributed by atoms with Crippen LogP contribution in [0.3, 0.4) is 0 Å². The fraction of sp³-hybridized carbons (Fsp3) is 0.391. The maximum Gasteiger partial charge on any atom is 0.240 e. The minimum Gasteiger partial charge on any atom is -0.508 e. The molecule has 0 spiro atoms. The molecule has 32 heavy (non-hydrogen) atoms. The quantitative estimate of drug-likeness (QED) is 0.471. The predicted octanol–water partition coefficient (Wildman–Crippen LogP) is 2.02. The highest BCUT2D eigenvalue weighted by Gasteiger charge is 2.27. The van der Waals surface area contributed by atoms with E-state index in [1.807, 2.05) is 12.1 Å². The van der Waals surface area contributed by atoms with Crippen molar-refractivity contribution in [2.75, 3.05) is 18.4 Å². The van der Waals surface area contributed by atoms with Crippen LogP contribution in [0.4, 0.5) is 5.69 Å². The largest absolute Gasteiger partial charge is 0.508 e. The van der Waals surface area contributed by atoms with E-state index in [-0.39, 0.29) is 24.1 Å². The number of nitrogens with two attached hydrogens (primary N) is 2. The van der Waals surface area contributed by atoms with Crippen molar-refractivity contribution in [1.82, 2.24) is 9.21 Å². The predicted molar refractivity (Wildman–Crippen MR) is 125 cm³/mol. The first-order valence-electron chi connectivity index (χ1n) is 10.8. The molecule has 2 amide bonds. The number of likely N-dealkylation sites (tertiary alicyclic amines) is 1. The average molecular weight is 456 g/mol. The van der Waals surface area contributed by atoms with Gasteiger partial charge in [-0.3, -0.25) is 9.59 Å². The van der Waals surface area contributed by atoms with Crippen molar-refractivity contribution in [3.63, 3.8) is 0 Å². The Morgan fingerprint density at radius 3 is 2.47 bits per heavy atom. The zero-order valence-electron chi connectivity index (χ0n) is 17.9. The molecule has 0 bridgehead atoms. The normalized spacial score (nSPS) is 17.7. The number of phenolic OH excluding ortho intramolecular Hbond substituents is 1. The lowest BCUT2D eigenvalue weighted by Crippen LogP contribution is -2.50. The van der Waals surface area contributed by atoms with Gasteiger partial charge in [0.25, 0.3) is 0 Å². The van der Waals surface area contributed by atoms with Gasteiger partial charge >= 0.3 is 0 Å². The highest BCUT2D eigenvalue weighted by atomic mass is 32.2. The van der Waals surface area contributed by atoms with E-state index >= 15 is 0 Å². The molecule has 1 unspecified atom stereocenters. The first-order chi connectivity index (χ1) is 15.4. The number of piperidine rings is 1. The molecule has 0 saturated carbocycles. The van der Waals surface area contributed by atoms with Gasteiger partial charge in [-0.15, -0.1) is 0 Å². The number of anilines is 1. The second-order valence-corrected chi connectivity index (χ2v) is 9.56.